The Hall–Kier alpha value is -1.70. The number of rotatable bonds is 4. The Morgan fingerprint density at radius 3 is 2.63 bits per heavy atom. The molecular formula is C10H9ClF3NO4. The molecule has 0 amide bonds. The van der Waals surface area contributed by atoms with E-state index in [0.717, 1.165) is 13.2 Å². The highest BCUT2D eigenvalue weighted by Gasteiger charge is 2.33. The first-order valence-electron chi connectivity index (χ1n) is 4.87. The Morgan fingerprint density at radius 2 is 2.16 bits per heavy atom. The fourth-order valence-electron chi connectivity index (χ4n) is 1.22. The average Bonchev–Trinajstić information content (AvgIpc) is 2.32. The average molecular weight is 300 g/mol. The van der Waals surface area contributed by atoms with Gasteiger partial charge in [-0.2, -0.15) is 0 Å². The van der Waals surface area contributed by atoms with Gasteiger partial charge in [0.25, 0.3) is 0 Å². The van der Waals surface area contributed by atoms with Gasteiger partial charge in [-0.25, -0.2) is 0 Å². The highest BCUT2D eigenvalue weighted by Crippen LogP contribution is 2.34. The van der Waals surface area contributed by atoms with Crippen LogP contribution in [0.2, 0.25) is 0 Å². The van der Waals surface area contributed by atoms with Crippen molar-refractivity contribution in [3.05, 3.63) is 17.5 Å². The Bertz CT molecular complexity index is 479. The summed E-state index contributed by atoms with van der Waals surface area (Å²) in [6.07, 6.45) is -5.48. The highest BCUT2D eigenvalue weighted by molar-refractivity contribution is 6.16. The van der Waals surface area contributed by atoms with Crippen molar-refractivity contribution < 1.29 is 32.5 Å². The maximum atomic E-state index is 12.1. The first kappa shape index (κ1) is 15.4. The number of carbonyl (C=O) groups is 1. The van der Waals surface area contributed by atoms with Crippen molar-refractivity contribution >= 4 is 17.6 Å². The van der Waals surface area contributed by atoms with E-state index in [2.05, 4.69) is 14.5 Å². The predicted octanol–water partition coefficient (Wildman–Crippen LogP) is 2.14. The SMILES string of the molecule is COC(=O)Cc1nc(CCl)cc(OC(F)(F)F)c1O. The van der Waals surface area contributed by atoms with Crippen LogP contribution in [-0.4, -0.2) is 29.5 Å². The third-order valence-electron chi connectivity index (χ3n) is 1.99. The quantitative estimate of drug-likeness (QED) is 0.681. The third kappa shape index (κ3) is 4.47. The lowest BCUT2D eigenvalue weighted by Gasteiger charge is -2.13. The van der Waals surface area contributed by atoms with Crippen LogP contribution < -0.4 is 4.74 Å². The fraction of sp³-hybridized carbons (Fsp3) is 0.400. The molecule has 9 heteroatoms. The van der Waals surface area contributed by atoms with E-state index < -0.39 is 30.3 Å². The summed E-state index contributed by atoms with van der Waals surface area (Å²) in [5.74, 6) is -2.72. The van der Waals surface area contributed by atoms with Gasteiger partial charge in [-0.3, -0.25) is 9.78 Å². The number of ether oxygens (including phenoxy) is 2. The summed E-state index contributed by atoms with van der Waals surface area (Å²) in [6, 6.07) is 0.844. The van der Waals surface area contributed by atoms with E-state index in [0.29, 0.717) is 0 Å². The second-order valence-electron chi connectivity index (χ2n) is 3.34. The minimum atomic E-state index is -4.98. The third-order valence-corrected chi connectivity index (χ3v) is 2.26. The molecular weight excluding hydrogens is 291 g/mol. The number of aromatic nitrogens is 1. The molecule has 0 aliphatic rings. The van der Waals surface area contributed by atoms with Crippen molar-refractivity contribution in [2.24, 2.45) is 0 Å². The maximum absolute atomic E-state index is 12.1. The number of hydrogen-bond donors (Lipinski definition) is 1. The van der Waals surface area contributed by atoms with Crippen LogP contribution in [0.3, 0.4) is 0 Å². The number of hydrogen-bond acceptors (Lipinski definition) is 5. The number of pyridine rings is 1. The van der Waals surface area contributed by atoms with Crippen molar-refractivity contribution in [3.8, 4) is 11.5 Å². The number of aromatic hydroxyl groups is 1. The molecule has 0 radical (unpaired) electrons. The van der Waals surface area contributed by atoms with Gasteiger partial charge in [0.2, 0.25) is 0 Å². The molecule has 0 saturated heterocycles. The van der Waals surface area contributed by atoms with Crippen LogP contribution in [0, 0.1) is 0 Å². The number of esters is 1. The van der Waals surface area contributed by atoms with Gasteiger partial charge in [0.05, 0.1) is 30.8 Å². The summed E-state index contributed by atoms with van der Waals surface area (Å²) < 4.78 is 44.4. The normalized spacial score (nSPS) is 11.2. The van der Waals surface area contributed by atoms with Gasteiger partial charge < -0.3 is 14.6 Å². The molecule has 0 aromatic carbocycles. The Balaban J connectivity index is 3.17. The van der Waals surface area contributed by atoms with Gasteiger partial charge >= 0.3 is 12.3 Å². The Labute approximate surface area is 110 Å². The van der Waals surface area contributed by atoms with Crippen LogP contribution >= 0.6 is 11.6 Å². The number of alkyl halides is 4. The van der Waals surface area contributed by atoms with Crippen LogP contribution in [-0.2, 0) is 21.8 Å². The smallest absolute Gasteiger partial charge is 0.503 e. The molecule has 1 heterocycles. The van der Waals surface area contributed by atoms with Crippen molar-refractivity contribution in [2.75, 3.05) is 7.11 Å². The van der Waals surface area contributed by atoms with E-state index in [1.807, 2.05) is 0 Å². The van der Waals surface area contributed by atoms with Crippen LogP contribution in [0.1, 0.15) is 11.4 Å². The second-order valence-corrected chi connectivity index (χ2v) is 3.61. The largest absolute Gasteiger partial charge is 0.573 e. The highest BCUT2D eigenvalue weighted by atomic mass is 35.5. The number of halogens is 4. The lowest BCUT2D eigenvalue weighted by atomic mass is 10.2. The molecule has 0 saturated carbocycles. The molecule has 5 nitrogen and oxygen atoms in total. The Kier molecular flexibility index (Phi) is 4.82. The first-order chi connectivity index (χ1) is 8.76. The molecule has 1 N–H and O–H groups in total. The zero-order valence-corrected chi connectivity index (χ0v) is 10.4. The number of nitrogens with zero attached hydrogens (tertiary/aromatic N) is 1. The second kappa shape index (κ2) is 5.96. The van der Waals surface area contributed by atoms with Gasteiger partial charge in [0, 0.05) is 6.07 Å². The van der Waals surface area contributed by atoms with E-state index >= 15 is 0 Å². The summed E-state index contributed by atoms with van der Waals surface area (Å²) in [7, 11) is 1.10. The van der Waals surface area contributed by atoms with Gasteiger partial charge in [-0.15, -0.1) is 24.8 Å². The molecule has 19 heavy (non-hydrogen) atoms. The zero-order chi connectivity index (χ0) is 14.6. The van der Waals surface area contributed by atoms with Gasteiger partial charge in [0.15, 0.2) is 11.5 Å². The van der Waals surface area contributed by atoms with Crippen LogP contribution in [0.15, 0.2) is 6.07 Å². The predicted molar refractivity (Wildman–Crippen MR) is 57.9 cm³/mol. The van der Waals surface area contributed by atoms with Crippen LogP contribution in [0.5, 0.6) is 11.5 Å². The lowest BCUT2D eigenvalue weighted by Crippen LogP contribution is -2.18. The summed E-state index contributed by atoms with van der Waals surface area (Å²) in [6.45, 7) is 0. The van der Waals surface area contributed by atoms with Crippen LogP contribution in [0.25, 0.3) is 0 Å². The van der Waals surface area contributed by atoms with E-state index in [1.165, 1.54) is 0 Å². The molecule has 1 rings (SSSR count). The minimum Gasteiger partial charge on any atom is -0.503 e. The minimum absolute atomic E-state index is 0.0256. The molecule has 0 atom stereocenters. The maximum Gasteiger partial charge on any atom is 0.573 e. The first-order valence-corrected chi connectivity index (χ1v) is 5.40. The molecule has 106 valence electrons. The van der Waals surface area contributed by atoms with Gasteiger partial charge in [-0.05, 0) is 0 Å². The van der Waals surface area contributed by atoms with Crippen molar-refractivity contribution in [1.29, 1.82) is 0 Å². The van der Waals surface area contributed by atoms with E-state index in [4.69, 9.17) is 11.6 Å². The topological polar surface area (TPSA) is 68.7 Å². The molecule has 0 unspecified atom stereocenters. The molecule has 0 aliphatic carbocycles. The molecule has 0 aliphatic heterocycles. The molecule has 0 spiro atoms. The summed E-state index contributed by atoms with van der Waals surface area (Å²) in [5, 5.41) is 9.58. The molecule has 0 fully saturated rings. The fourth-order valence-corrected chi connectivity index (χ4v) is 1.36. The molecule has 0 bridgehead atoms. The zero-order valence-electron chi connectivity index (χ0n) is 9.62. The van der Waals surface area contributed by atoms with Crippen molar-refractivity contribution in [3.63, 3.8) is 0 Å². The lowest BCUT2D eigenvalue weighted by molar-refractivity contribution is -0.275. The van der Waals surface area contributed by atoms with Gasteiger partial charge in [-0.1, -0.05) is 0 Å². The number of carbonyl (C=O) groups excluding carboxylic acids is 1. The van der Waals surface area contributed by atoms with Crippen molar-refractivity contribution in [2.45, 2.75) is 18.7 Å². The van der Waals surface area contributed by atoms with E-state index in [1.54, 1.807) is 0 Å². The standard InChI is InChI=1S/C10H9ClF3NO4/c1-18-8(16)3-6-9(17)7(19-10(12,13)14)2-5(4-11)15-6/h2,17H,3-4H2,1H3. The Morgan fingerprint density at radius 1 is 1.53 bits per heavy atom. The summed E-state index contributed by atoms with van der Waals surface area (Å²) in [5.41, 5.74) is -0.276. The summed E-state index contributed by atoms with van der Waals surface area (Å²) >= 11 is 5.47. The number of methoxy groups -OCH3 is 1. The molecule has 1 aromatic rings. The van der Waals surface area contributed by atoms with Gasteiger partial charge in [0.1, 0.15) is 0 Å². The van der Waals surface area contributed by atoms with Crippen molar-refractivity contribution in [1.82, 2.24) is 4.98 Å². The summed E-state index contributed by atoms with van der Waals surface area (Å²) in [4.78, 5) is 14.8. The van der Waals surface area contributed by atoms with E-state index in [9.17, 15) is 23.1 Å². The monoisotopic (exact) mass is 299 g/mol. The van der Waals surface area contributed by atoms with E-state index in [-0.39, 0.29) is 17.3 Å². The van der Waals surface area contributed by atoms with Crippen LogP contribution in [0.4, 0.5) is 13.2 Å². The molecule has 1 aromatic heterocycles.